The third-order valence-corrected chi connectivity index (χ3v) is 4.19. The molecule has 0 aromatic rings. The Hall–Kier alpha value is -1.10. The third kappa shape index (κ3) is 2.36. The number of carbonyl (C=O) groups is 2. The first-order valence-electron chi connectivity index (χ1n) is 6.74. The molecule has 5 heteroatoms. The molecule has 0 radical (unpaired) electrons. The average molecular weight is 253 g/mol. The van der Waals surface area contributed by atoms with Crippen molar-refractivity contribution in [2.75, 3.05) is 19.6 Å². The highest BCUT2D eigenvalue weighted by Crippen LogP contribution is 2.24. The lowest BCUT2D eigenvalue weighted by atomic mass is 9.94. The molecular formula is C13H23N3O2. The molecule has 2 atom stereocenters. The maximum Gasteiger partial charge on any atom is 0.225 e. The van der Waals surface area contributed by atoms with Crippen LogP contribution >= 0.6 is 0 Å². The Kier molecular flexibility index (Phi) is 3.61. The van der Waals surface area contributed by atoms with Crippen LogP contribution in [-0.4, -0.2) is 53.3 Å². The number of nitrogens with two attached hydrogens (primary N) is 1. The first-order chi connectivity index (χ1) is 8.40. The van der Waals surface area contributed by atoms with Crippen LogP contribution in [0.1, 0.15) is 27.2 Å². The van der Waals surface area contributed by atoms with Gasteiger partial charge in [0.15, 0.2) is 0 Å². The van der Waals surface area contributed by atoms with Crippen LogP contribution in [0.3, 0.4) is 0 Å². The summed E-state index contributed by atoms with van der Waals surface area (Å²) in [6.07, 6.45) is 0.451. The van der Waals surface area contributed by atoms with Crippen molar-refractivity contribution in [2.45, 2.75) is 39.3 Å². The van der Waals surface area contributed by atoms with Gasteiger partial charge in [0, 0.05) is 38.0 Å². The number of hydrogen-bond acceptors (Lipinski definition) is 3. The van der Waals surface area contributed by atoms with Crippen molar-refractivity contribution in [3.63, 3.8) is 0 Å². The molecule has 0 saturated carbocycles. The molecule has 0 spiro atoms. The number of hydrogen-bond donors (Lipinski definition) is 1. The van der Waals surface area contributed by atoms with Crippen LogP contribution in [0.5, 0.6) is 0 Å². The van der Waals surface area contributed by atoms with E-state index >= 15 is 0 Å². The van der Waals surface area contributed by atoms with E-state index < -0.39 is 0 Å². The van der Waals surface area contributed by atoms with E-state index in [9.17, 15) is 9.59 Å². The van der Waals surface area contributed by atoms with E-state index in [4.69, 9.17) is 5.73 Å². The molecule has 2 heterocycles. The Labute approximate surface area is 108 Å². The van der Waals surface area contributed by atoms with Crippen LogP contribution in [0.25, 0.3) is 0 Å². The highest BCUT2D eigenvalue weighted by Gasteiger charge is 2.41. The smallest absolute Gasteiger partial charge is 0.225 e. The Morgan fingerprint density at radius 3 is 2.33 bits per heavy atom. The quantitative estimate of drug-likeness (QED) is 0.773. The van der Waals surface area contributed by atoms with Crippen molar-refractivity contribution in [3.8, 4) is 0 Å². The van der Waals surface area contributed by atoms with E-state index in [0.29, 0.717) is 32.0 Å². The normalized spacial score (nSPS) is 26.7. The molecule has 0 aromatic heterocycles. The van der Waals surface area contributed by atoms with Crippen LogP contribution in [0.2, 0.25) is 0 Å². The van der Waals surface area contributed by atoms with Gasteiger partial charge in [0.2, 0.25) is 11.8 Å². The Bertz CT molecular complexity index is 350. The van der Waals surface area contributed by atoms with E-state index in [2.05, 4.69) is 13.8 Å². The lowest BCUT2D eigenvalue weighted by molar-refractivity contribution is -0.148. The summed E-state index contributed by atoms with van der Waals surface area (Å²) in [5.41, 5.74) is 5.77. The fourth-order valence-corrected chi connectivity index (χ4v) is 2.52. The fourth-order valence-electron chi connectivity index (χ4n) is 2.52. The summed E-state index contributed by atoms with van der Waals surface area (Å²) in [6.45, 7) is 8.08. The Balaban J connectivity index is 1.84. The van der Waals surface area contributed by atoms with Gasteiger partial charge in [-0.3, -0.25) is 9.59 Å². The Morgan fingerprint density at radius 1 is 1.28 bits per heavy atom. The van der Waals surface area contributed by atoms with Crippen LogP contribution in [0.4, 0.5) is 0 Å². The van der Waals surface area contributed by atoms with Crippen LogP contribution in [0.15, 0.2) is 0 Å². The summed E-state index contributed by atoms with van der Waals surface area (Å²) in [5.74, 6) is 0.759. The van der Waals surface area contributed by atoms with E-state index in [-0.39, 0.29) is 29.8 Å². The lowest BCUT2D eigenvalue weighted by Gasteiger charge is -2.45. The second-order valence-corrected chi connectivity index (χ2v) is 5.94. The molecule has 18 heavy (non-hydrogen) atoms. The van der Waals surface area contributed by atoms with Crippen LogP contribution in [0, 0.1) is 11.8 Å². The summed E-state index contributed by atoms with van der Waals surface area (Å²) >= 11 is 0. The Morgan fingerprint density at radius 2 is 1.89 bits per heavy atom. The highest BCUT2D eigenvalue weighted by atomic mass is 16.2. The van der Waals surface area contributed by atoms with Gasteiger partial charge in [0.05, 0.1) is 6.04 Å². The van der Waals surface area contributed by atoms with Gasteiger partial charge in [0.25, 0.3) is 0 Å². The van der Waals surface area contributed by atoms with Crippen molar-refractivity contribution >= 4 is 11.8 Å². The molecule has 102 valence electrons. The number of amides is 2. The van der Waals surface area contributed by atoms with E-state index in [1.54, 1.807) is 0 Å². The molecule has 2 fully saturated rings. The third-order valence-electron chi connectivity index (χ3n) is 4.19. The summed E-state index contributed by atoms with van der Waals surface area (Å²) < 4.78 is 0. The molecular weight excluding hydrogens is 230 g/mol. The monoisotopic (exact) mass is 253 g/mol. The first kappa shape index (κ1) is 13.3. The predicted molar refractivity (Wildman–Crippen MR) is 68.7 cm³/mol. The minimum absolute atomic E-state index is 0.0307. The van der Waals surface area contributed by atoms with Crippen molar-refractivity contribution in [1.29, 1.82) is 0 Å². The van der Waals surface area contributed by atoms with E-state index in [1.807, 2.05) is 16.7 Å². The highest BCUT2D eigenvalue weighted by molar-refractivity contribution is 5.82. The molecule has 0 aliphatic carbocycles. The second kappa shape index (κ2) is 4.88. The van der Waals surface area contributed by atoms with Crippen molar-refractivity contribution < 1.29 is 9.59 Å². The predicted octanol–water partition coefficient (Wildman–Crippen LogP) is 0.0489. The summed E-state index contributed by atoms with van der Waals surface area (Å²) in [6, 6.07) is 0.159. The number of rotatable bonds is 3. The molecule has 2 aliphatic heterocycles. The summed E-state index contributed by atoms with van der Waals surface area (Å²) in [5, 5.41) is 0. The fraction of sp³-hybridized carbons (Fsp3) is 0.846. The molecule has 0 aromatic carbocycles. The molecule has 2 N–H and O–H groups in total. The van der Waals surface area contributed by atoms with E-state index in [0.717, 1.165) is 0 Å². The minimum atomic E-state index is -0.0307. The van der Waals surface area contributed by atoms with Crippen molar-refractivity contribution in [1.82, 2.24) is 9.80 Å². The molecule has 0 bridgehead atoms. The van der Waals surface area contributed by atoms with Crippen molar-refractivity contribution in [3.05, 3.63) is 0 Å². The average Bonchev–Trinajstić information content (AvgIpc) is 2.54. The maximum absolute atomic E-state index is 12.1. The zero-order chi connectivity index (χ0) is 13.4. The first-order valence-corrected chi connectivity index (χ1v) is 6.74. The topological polar surface area (TPSA) is 66.6 Å². The van der Waals surface area contributed by atoms with Gasteiger partial charge >= 0.3 is 0 Å². The van der Waals surface area contributed by atoms with Crippen LogP contribution in [-0.2, 0) is 9.59 Å². The zero-order valence-electron chi connectivity index (χ0n) is 11.4. The van der Waals surface area contributed by atoms with Gasteiger partial charge < -0.3 is 15.5 Å². The molecule has 2 rings (SSSR count). The van der Waals surface area contributed by atoms with Gasteiger partial charge in [-0.05, 0) is 5.92 Å². The van der Waals surface area contributed by atoms with Crippen molar-refractivity contribution in [2.24, 2.45) is 17.6 Å². The molecule has 2 saturated heterocycles. The second-order valence-electron chi connectivity index (χ2n) is 5.94. The number of nitrogens with zero attached hydrogens (tertiary/aromatic N) is 2. The van der Waals surface area contributed by atoms with Gasteiger partial charge in [-0.15, -0.1) is 0 Å². The van der Waals surface area contributed by atoms with Gasteiger partial charge in [-0.1, -0.05) is 20.8 Å². The molecule has 2 unspecified atom stereocenters. The minimum Gasteiger partial charge on any atom is -0.338 e. The van der Waals surface area contributed by atoms with Gasteiger partial charge in [0.1, 0.15) is 0 Å². The number of likely N-dealkylation sites (tertiary alicyclic amines) is 2. The molecule has 2 aliphatic rings. The van der Waals surface area contributed by atoms with Gasteiger partial charge in [-0.2, -0.15) is 0 Å². The summed E-state index contributed by atoms with van der Waals surface area (Å²) in [7, 11) is 0. The lowest BCUT2D eigenvalue weighted by Crippen LogP contribution is -2.62. The molecule has 5 nitrogen and oxygen atoms in total. The summed E-state index contributed by atoms with van der Waals surface area (Å²) in [4.78, 5) is 27.4. The number of carbonyl (C=O) groups excluding carboxylic acids is 2. The SMILES string of the molecule is CC(C)C(C)C(=O)N1CC(N2CC(N)CC2=O)C1. The zero-order valence-corrected chi connectivity index (χ0v) is 11.4. The molecule has 2 amide bonds. The van der Waals surface area contributed by atoms with Gasteiger partial charge in [-0.25, -0.2) is 0 Å². The maximum atomic E-state index is 12.1. The largest absolute Gasteiger partial charge is 0.338 e. The standard InChI is InChI=1S/C13H23N3O2/c1-8(2)9(3)13(18)15-6-11(7-15)16-5-10(14)4-12(16)17/h8-11H,4-7,14H2,1-3H3. The van der Waals surface area contributed by atoms with E-state index in [1.165, 1.54) is 0 Å². The van der Waals surface area contributed by atoms with Crippen LogP contribution < -0.4 is 5.73 Å².